The van der Waals surface area contributed by atoms with E-state index < -0.39 is 23.2 Å². The van der Waals surface area contributed by atoms with E-state index in [0.29, 0.717) is 45.9 Å². The maximum Gasteiger partial charge on any atom is 0.255 e. The number of rotatable bonds is 8. The maximum atomic E-state index is 14.2. The summed E-state index contributed by atoms with van der Waals surface area (Å²) in [4.78, 5) is 27.3. The highest BCUT2D eigenvalue weighted by Crippen LogP contribution is 2.36. The Bertz CT molecular complexity index is 2070. The number of piperidine rings is 1. The van der Waals surface area contributed by atoms with Crippen LogP contribution in [0.3, 0.4) is 0 Å². The zero-order valence-corrected chi connectivity index (χ0v) is 25.5. The number of anilines is 3. The molecular weight excluding hydrogens is 600 g/mol. The van der Waals surface area contributed by atoms with Crippen molar-refractivity contribution in [3.8, 4) is 28.4 Å². The largest absolute Gasteiger partial charge is 0.495 e. The zero-order chi connectivity index (χ0) is 32.3. The van der Waals surface area contributed by atoms with Gasteiger partial charge in [-0.2, -0.15) is 0 Å². The van der Waals surface area contributed by atoms with E-state index in [9.17, 15) is 13.6 Å². The van der Waals surface area contributed by atoms with Crippen LogP contribution in [0.15, 0.2) is 97.3 Å². The first-order valence-corrected chi connectivity index (χ1v) is 15.3. The van der Waals surface area contributed by atoms with Gasteiger partial charge in [-0.1, -0.05) is 30.3 Å². The number of nitrogens with zero attached hydrogens (tertiary/aromatic N) is 4. The Hall–Kier alpha value is -5.68. The van der Waals surface area contributed by atoms with Crippen molar-refractivity contribution in [2.75, 3.05) is 30.8 Å². The fourth-order valence-corrected chi connectivity index (χ4v) is 5.94. The summed E-state index contributed by atoms with van der Waals surface area (Å²) in [7, 11) is 1.65. The van der Waals surface area contributed by atoms with Crippen molar-refractivity contribution in [2.45, 2.75) is 18.8 Å². The number of hydrogen-bond acceptors (Lipinski definition) is 7. The number of amides is 1. The molecule has 47 heavy (non-hydrogen) atoms. The van der Waals surface area contributed by atoms with Gasteiger partial charge in [-0.3, -0.25) is 9.20 Å². The molecule has 11 heteroatoms. The van der Waals surface area contributed by atoms with E-state index in [1.165, 1.54) is 11.6 Å². The number of aromatic nitrogens is 4. The Morgan fingerprint density at radius 1 is 0.936 bits per heavy atom. The van der Waals surface area contributed by atoms with E-state index in [2.05, 4.69) is 33.1 Å². The fraction of sp³-hybridized carbons (Fsp3) is 0.167. The molecule has 0 aliphatic carbocycles. The molecule has 7 rings (SSSR count). The Kier molecular flexibility index (Phi) is 8.28. The summed E-state index contributed by atoms with van der Waals surface area (Å²) in [6, 6.07) is 23.8. The number of hydrogen-bond donors (Lipinski definition) is 3. The number of ether oxygens (including phenoxy) is 1. The normalized spacial score (nSPS) is 13.4. The second-order valence-electron chi connectivity index (χ2n) is 11.2. The highest BCUT2D eigenvalue weighted by Gasteiger charge is 2.21. The van der Waals surface area contributed by atoms with E-state index in [4.69, 9.17) is 14.7 Å². The van der Waals surface area contributed by atoms with Crippen LogP contribution >= 0.6 is 0 Å². The Balaban J connectivity index is 1.22. The molecule has 3 aromatic heterocycles. The average molecular weight is 632 g/mol. The minimum atomic E-state index is -0.861. The first-order valence-electron chi connectivity index (χ1n) is 15.3. The molecule has 4 heterocycles. The maximum absolute atomic E-state index is 14.2. The van der Waals surface area contributed by atoms with Gasteiger partial charge in [-0.15, -0.1) is 0 Å². The summed E-state index contributed by atoms with van der Waals surface area (Å²) in [5.41, 5.74) is 4.81. The van der Waals surface area contributed by atoms with Crippen LogP contribution in [-0.4, -0.2) is 45.5 Å². The number of nitrogens with one attached hydrogen (secondary N) is 3. The molecule has 3 aromatic carbocycles. The summed E-state index contributed by atoms with van der Waals surface area (Å²) < 4.78 is 36.1. The molecule has 6 aromatic rings. The highest BCUT2D eigenvalue weighted by atomic mass is 19.1. The van der Waals surface area contributed by atoms with Crippen molar-refractivity contribution < 1.29 is 18.3 Å². The van der Waals surface area contributed by atoms with Gasteiger partial charge in [0.1, 0.15) is 28.7 Å². The number of fused-ring (bicyclic) bond motifs is 1. The van der Waals surface area contributed by atoms with E-state index in [1.54, 1.807) is 37.6 Å². The number of imidazole rings is 1. The van der Waals surface area contributed by atoms with Gasteiger partial charge in [0.15, 0.2) is 0 Å². The lowest BCUT2D eigenvalue weighted by Gasteiger charge is -2.24. The molecule has 1 fully saturated rings. The van der Waals surface area contributed by atoms with Crippen LogP contribution in [0.2, 0.25) is 0 Å². The van der Waals surface area contributed by atoms with Gasteiger partial charge in [0.2, 0.25) is 5.95 Å². The van der Waals surface area contributed by atoms with Crippen LogP contribution in [0.1, 0.15) is 34.7 Å². The van der Waals surface area contributed by atoms with E-state index in [-0.39, 0.29) is 5.56 Å². The molecule has 0 bridgehead atoms. The van der Waals surface area contributed by atoms with Gasteiger partial charge < -0.3 is 20.7 Å². The van der Waals surface area contributed by atoms with Crippen LogP contribution in [-0.2, 0) is 0 Å². The number of carbonyl (C=O) groups excluding carboxylic acids is 1. The molecule has 0 spiro atoms. The molecule has 0 radical (unpaired) electrons. The molecule has 236 valence electrons. The molecule has 1 aliphatic heterocycles. The number of pyridine rings is 1. The summed E-state index contributed by atoms with van der Waals surface area (Å²) in [6.45, 7) is 2.01. The monoisotopic (exact) mass is 631 g/mol. The summed E-state index contributed by atoms with van der Waals surface area (Å²) in [5, 5.41) is 9.08. The third kappa shape index (κ3) is 6.12. The molecule has 1 aliphatic rings. The molecule has 1 saturated heterocycles. The number of halogens is 2. The standard InChI is InChI=1S/C36H31F2N7O2/c1-47-30-21-23(22-13-16-39-17-14-22)11-12-28(30)41-36-40-18-15-29(42-36)34-32(43-31-10-2-3-19-45(31)34)24-6-4-7-25(20-24)35(46)44-33-26(37)8-5-9-27(33)38/h2-12,15,18-22,39H,13-14,16-17H2,1H3,(H,44,46)(H,40,41,42). The van der Waals surface area contributed by atoms with Gasteiger partial charge in [0.25, 0.3) is 5.91 Å². The van der Waals surface area contributed by atoms with Gasteiger partial charge in [0, 0.05) is 23.5 Å². The van der Waals surface area contributed by atoms with E-state index in [0.717, 1.165) is 43.8 Å². The van der Waals surface area contributed by atoms with Crippen LogP contribution in [0.5, 0.6) is 5.75 Å². The summed E-state index contributed by atoms with van der Waals surface area (Å²) in [5.74, 6) is -0.822. The second kappa shape index (κ2) is 13.0. The van der Waals surface area contributed by atoms with Crippen molar-refractivity contribution >= 4 is 28.9 Å². The number of carbonyl (C=O) groups is 1. The third-order valence-corrected chi connectivity index (χ3v) is 8.31. The predicted octanol–water partition coefficient (Wildman–Crippen LogP) is 7.21. The minimum absolute atomic E-state index is 0.207. The molecule has 0 saturated carbocycles. The first-order chi connectivity index (χ1) is 23.0. The fourth-order valence-electron chi connectivity index (χ4n) is 5.94. The molecule has 0 atom stereocenters. The van der Waals surface area contributed by atoms with Crippen LogP contribution in [0, 0.1) is 11.6 Å². The Labute approximate surface area is 269 Å². The molecular formula is C36H31F2N7O2. The van der Waals surface area contributed by atoms with E-state index >= 15 is 0 Å². The number of benzene rings is 3. The first kappa shape index (κ1) is 30.0. The lowest BCUT2D eigenvalue weighted by atomic mass is 9.90. The third-order valence-electron chi connectivity index (χ3n) is 8.31. The van der Waals surface area contributed by atoms with E-state index in [1.807, 2.05) is 40.9 Å². The van der Waals surface area contributed by atoms with Crippen molar-refractivity contribution in [1.29, 1.82) is 0 Å². The molecule has 1 amide bonds. The van der Waals surface area contributed by atoms with Crippen molar-refractivity contribution in [3.63, 3.8) is 0 Å². The Morgan fingerprint density at radius 3 is 2.55 bits per heavy atom. The van der Waals surface area contributed by atoms with Crippen molar-refractivity contribution in [1.82, 2.24) is 24.7 Å². The topological polar surface area (TPSA) is 105 Å². The van der Waals surface area contributed by atoms with Crippen molar-refractivity contribution in [3.05, 3.63) is 120 Å². The predicted molar refractivity (Wildman–Crippen MR) is 177 cm³/mol. The van der Waals surface area contributed by atoms with Crippen LogP contribution in [0.25, 0.3) is 28.3 Å². The number of methoxy groups -OCH3 is 1. The minimum Gasteiger partial charge on any atom is -0.495 e. The van der Waals surface area contributed by atoms with Crippen LogP contribution in [0.4, 0.5) is 26.1 Å². The lowest BCUT2D eigenvalue weighted by molar-refractivity contribution is 0.102. The van der Waals surface area contributed by atoms with Gasteiger partial charge in [0.05, 0.1) is 29.9 Å². The highest BCUT2D eigenvalue weighted by molar-refractivity contribution is 6.05. The average Bonchev–Trinajstić information content (AvgIpc) is 3.50. The van der Waals surface area contributed by atoms with Crippen LogP contribution < -0.4 is 20.7 Å². The Morgan fingerprint density at radius 2 is 1.74 bits per heavy atom. The quantitative estimate of drug-likeness (QED) is 0.163. The lowest BCUT2D eigenvalue weighted by Crippen LogP contribution is -2.26. The molecule has 3 N–H and O–H groups in total. The molecule has 9 nitrogen and oxygen atoms in total. The van der Waals surface area contributed by atoms with Gasteiger partial charge in [-0.25, -0.2) is 23.7 Å². The summed E-state index contributed by atoms with van der Waals surface area (Å²) >= 11 is 0. The van der Waals surface area contributed by atoms with Gasteiger partial charge in [-0.05, 0) is 92.0 Å². The van der Waals surface area contributed by atoms with Gasteiger partial charge >= 0.3 is 0 Å². The SMILES string of the molecule is COc1cc(C2CCNCC2)ccc1Nc1nccc(-c2c(-c3cccc(C(=O)Nc4c(F)cccc4F)c3)nc3ccccn23)n1. The van der Waals surface area contributed by atoms with Crippen molar-refractivity contribution in [2.24, 2.45) is 0 Å². The molecule has 0 unspecified atom stereocenters. The zero-order valence-electron chi connectivity index (χ0n) is 25.5. The second-order valence-corrected chi connectivity index (χ2v) is 11.2. The smallest absolute Gasteiger partial charge is 0.255 e. The summed E-state index contributed by atoms with van der Waals surface area (Å²) in [6.07, 6.45) is 5.72. The number of para-hydroxylation sites is 1.